The summed E-state index contributed by atoms with van der Waals surface area (Å²) in [6.07, 6.45) is 2.64. The molecule has 0 unspecified atom stereocenters. The average molecular weight is 332 g/mol. The SMILES string of the molecule is COc1cc(CCCc2ccc(OC)c(OC)c2OC)ccc1O. The van der Waals surface area contributed by atoms with Gasteiger partial charge in [-0.25, -0.2) is 0 Å². The van der Waals surface area contributed by atoms with Gasteiger partial charge >= 0.3 is 0 Å². The monoisotopic (exact) mass is 332 g/mol. The van der Waals surface area contributed by atoms with Crippen LogP contribution in [0.5, 0.6) is 28.7 Å². The van der Waals surface area contributed by atoms with E-state index in [1.54, 1.807) is 34.5 Å². The maximum absolute atomic E-state index is 9.65. The van der Waals surface area contributed by atoms with E-state index in [0.29, 0.717) is 23.0 Å². The molecule has 0 saturated heterocycles. The fourth-order valence-electron chi connectivity index (χ4n) is 2.72. The van der Waals surface area contributed by atoms with Gasteiger partial charge in [-0.15, -0.1) is 0 Å². The van der Waals surface area contributed by atoms with Gasteiger partial charge in [-0.2, -0.15) is 0 Å². The van der Waals surface area contributed by atoms with Gasteiger partial charge in [0.2, 0.25) is 5.75 Å². The molecule has 1 N–H and O–H groups in total. The average Bonchev–Trinajstić information content (AvgIpc) is 2.62. The van der Waals surface area contributed by atoms with Crippen molar-refractivity contribution in [2.24, 2.45) is 0 Å². The van der Waals surface area contributed by atoms with E-state index in [4.69, 9.17) is 18.9 Å². The summed E-state index contributed by atoms with van der Waals surface area (Å²) in [7, 11) is 6.39. The number of phenolic OH excluding ortho intramolecular Hbond substituents is 1. The molecule has 0 spiro atoms. The highest BCUT2D eigenvalue weighted by atomic mass is 16.5. The van der Waals surface area contributed by atoms with Crippen LogP contribution in [0.1, 0.15) is 17.5 Å². The smallest absolute Gasteiger partial charge is 0.203 e. The molecule has 0 aliphatic rings. The van der Waals surface area contributed by atoms with Crippen LogP contribution < -0.4 is 18.9 Å². The van der Waals surface area contributed by atoms with Crippen molar-refractivity contribution >= 4 is 0 Å². The van der Waals surface area contributed by atoms with Gasteiger partial charge in [0.05, 0.1) is 28.4 Å². The zero-order valence-corrected chi connectivity index (χ0v) is 14.6. The number of phenols is 1. The first-order valence-electron chi connectivity index (χ1n) is 7.78. The largest absolute Gasteiger partial charge is 0.504 e. The summed E-state index contributed by atoms with van der Waals surface area (Å²) in [4.78, 5) is 0. The Labute approximate surface area is 142 Å². The highest BCUT2D eigenvalue weighted by Gasteiger charge is 2.15. The molecule has 0 aliphatic carbocycles. The van der Waals surface area contributed by atoms with Crippen molar-refractivity contribution in [1.82, 2.24) is 0 Å². The van der Waals surface area contributed by atoms with Gasteiger partial charge in [-0.05, 0) is 48.6 Å². The summed E-state index contributed by atoms with van der Waals surface area (Å²) >= 11 is 0. The molecule has 24 heavy (non-hydrogen) atoms. The van der Waals surface area contributed by atoms with Crippen LogP contribution >= 0.6 is 0 Å². The van der Waals surface area contributed by atoms with Crippen LogP contribution in [-0.2, 0) is 12.8 Å². The molecule has 2 aromatic rings. The van der Waals surface area contributed by atoms with Crippen molar-refractivity contribution in [3.63, 3.8) is 0 Å². The standard InChI is InChI=1S/C19H24O5/c1-21-16-11-9-14(18(23-3)19(16)24-4)7-5-6-13-8-10-15(20)17(12-13)22-2/h8-12,20H,5-7H2,1-4H3. The number of aryl methyl sites for hydroxylation is 2. The minimum absolute atomic E-state index is 0.155. The second-order valence-electron chi connectivity index (χ2n) is 5.35. The predicted octanol–water partition coefficient (Wildman–Crippen LogP) is 3.60. The Morgan fingerprint density at radius 3 is 2.08 bits per heavy atom. The minimum atomic E-state index is 0.155. The Morgan fingerprint density at radius 1 is 0.750 bits per heavy atom. The Kier molecular flexibility index (Phi) is 6.18. The van der Waals surface area contributed by atoms with E-state index in [1.165, 1.54) is 0 Å². The van der Waals surface area contributed by atoms with E-state index in [-0.39, 0.29) is 5.75 Å². The van der Waals surface area contributed by atoms with Gasteiger partial charge < -0.3 is 24.1 Å². The van der Waals surface area contributed by atoms with E-state index < -0.39 is 0 Å². The molecule has 5 nitrogen and oxygen atoms in total. The molecule has 0 aromatic heterocycles. The normalized spacial score (nSPS) is 10.3. The Bertz CT molecular complexity index is 682. The quantitative estimate of drug-likeness (QED) is 0.800. The van der Waals surface area contributed by atoms with E-state index in [1.807, 2.05) is 24.3 Å². The maximum Gasteiger partial charge on any atom is 0.203 e. The summed E-state index contributed by atoms with van der Waals surface area (Å²) in [6, 6.07) is 9.31. The zero-order chi connectivity index (χ0) is 17.5. The highest BCUT2D eigenvalue weighted by Crippen LogP contribution is 2.40. The van der Waals surface area contributed by atoms with Gasteiger partial charge in [0.1, 0.15) is 0 Å². The third-order valence-electron chi connectivity index (χ3n) is 3.94. The molecule has 2 rings (SSSR count). The third kappa shape index (κ3) is 3.85. The van der Waals surface area contributed by atoms with E-state index in [2.05, 4.69) is 0 Å². The zero-order valence-electron chi connectivity index (χ0n) is 14.6. The first-order valence-corrected chi connectivity index (χ1v) is 7.78. The number of hydrogen-bond donors (Lipinski definition) is 1. The molecule has 0 atom stereocenters. The molecule has 130 valence electrons. The molecule has 0 heterocycles. The number of ether oxygens (including phenoxy) is 4. The Morgan fingerprint density at radius 2 is 1.46 bits per heavy atom. The molecule has 5 heteroatoms. The molecule has 0 bridgehead atoms. The molecule has 0 radical (unpaired) electrons. The number of benzene rings is 2. The summed E-state index contributed by atoms with van der Waals surface area (Å²) in [6.45, 7) is 0. The number of hydrogen-bond acceptors (Lipinski definition) is 5. The fraction of sp³-hybridized carbons (Fsp3) is 0.368. The second-order valence-corrected chi connectivity index (χ2v) is 5.35. The Balaban J connectivity index is 2.09. The lowest BCUT2D eigenvalue weighted by Gasteiger charge is -2.15. The molecule has 0 fully saturated rings. The third-order valence-corrected chi connectivity index (χ3v) is 3.94. The van der Waals surface area contributed by atoms with Crippen LogP contribution in [0.25, 0.3) is 0 Å². The number of rotatable bonds is 8. The molecule has 2 aromatic carbocycles. The van der Waals surface area contributed by atoms with Crippen molar-refractivity contribution in [1.29, 1.82) is 0 Å². The van der Waals surface area contributed by atoms with Crippen molar-refractivity contribution in [2.75, 3.05) is 28.4 Å². The minimum Gasteiger partial charge on any atom is -0.504 e. The lowest BCUT2D eigenvalue weighted by atomic mass is 10.0. The second kappa shape index (κ2) is 8.34. The van der Waals surface area contributed by atoms with Gasteiger partial charge in [0.25, 0.3) is 0 Å². The summed E-state index contributed by atoms with van der Waals surface area (Å²) in [5.41, 5.74) is 2.19. The van der Waals surface area contributed by atoms with Crippen molar-refractivity contribution in [3.8, 4) is 28.7 Å². The van der Waals surface area contributed by atoms with Crippen LogP contribution in [0.2, 0.25) is 0 Å². The molecule has 0 amide bonds. The highest BCUT2D eigenvalue weighted by molar-refractivity contribution is 5.55. The van der Waals surface area contributed by atoms with Gasteiger partial charge in [0.15, 0.2) is 23.0 Å². The van der Waals surface area contributed by atoms with Gasteiger partial charge in [0, 0.05) is 0 Å². The molecular formula is C19H24O5. The van der Waals surface area contributed by atoms with Crippen molar-refractivity contribution < 1.29 is 24.1 Å². The van der Waals surface area contributed by atoms with E-state index in [0.717, 1.165) is 30.4 Å². The number of aromatic hydroxyl groups is 1. The van der Waals surface area contributed by atoms with Crippen LogP contribution in [0, 0.1) is 0 Å². The summed E-state index contributed by atoms with van der Waals surface area (Å²) in [5.74, 6) is 2.63. The fourth-order valence-corrected chi connectivity index (χ4v) is 2.72. The lowest BCUT2D eigenvalue weighted by Crippen LogP contribution is -2.00. The van der Waals surface area contributed by atoms with Crippen molar-refractivity contribution in [3.05, 3.63) is 41.5 Å². The van der Waals surface area contributed by atoms with Crippen LogP contribution in [0.3, 0.4) is 0 Å². The first kappa shape index (κ1) is 17.8. The Hall–Kier alpha value is -2.56. The summed E-state index contributed by atoms with van der Waals surface area (Å²) in [5, 5.41) is 9.65. The van der Waals surface area contributed by atoms with Crippen molar-refractivity contribution in [2.45, 2.75) is 19.3 Å². The predicted molar refractivity (Wildman–Crippen MR) is 92.8 cm³/mol. The van der Waals surface area contributed by atoms with E-state index in [9.17, 15) is 5.11 Å². The first-order chi connectivity index (χ1) is 11.6. The number of methoxy groups -OCH3 is 4. The van der Waals surface area contributed by atoms with Crippen LogP contribution in [0.15, 0.2) is 30.3 Å². The maximum atomic E-state index is 9.65. The molecule has 0 aliphatic heterocycles. The summed E-state index contributed by atoms with van der Waals surface area (Å²) < 4.78 is 21.4. The topological polar surface area (TPSA) is 57.2 Å². The van der Waals surface area contributed by atoms with Crippen LogP contribution in [0.4, 0.5) is 0 Å². The van der Waals surface area contributed by atoms with Gasteiger partial charge in [-0.3, -0.25) is 0 Å². The molecule has 0 saturated carbocycles. The van der Waals surface area contributed by atoms with Crippen LogP contribution in [-0.4, -0.2) is 33.5 Å². The lowest BCUT2D eigenvalue weighted by molar-refractivity contribution is 0.322. The van der Waals surface area contributed by atoms with Gasteiger partial charge in [-0.1, -0.05) is 12.1 Å². The van der Waals surface area contributed by atoms with E-state index >= 15 is 0 Å². The molecular weight excluding hydrogens is 308 g/mol.